The van der Waals surface area contributed by atoms with Crippen LogP contribution in [0.25, 0.3) is 105 Å². The maximum absolute atomic E-state index is 5.58. The fraction of sp³-hybridized carbons (Fsp3) is 0. The van der Waals surface area contributed by atoms with E-state index in [1.807, 2.05) is 0 Å². The third kappa shape index (κ3) is 3.59. The van der Waals surface area contributed by atoms with Gasteiger partial charge in [-0.2, -0.15) is 0 Å². The Hall–Kier alpha value is -7.11. The second kappa shape index (κ2) is 10.2. The quantitative estimate of drug-likeness (QED) is 0.201. The number of hydrogen-bond donors (Lipinski definition) is 1. The molecule has 5 heteroatoms. The molecule has 52 heavy (non-hydrogen) atoms. The Bertz CT molecular complexity index is 3410. The van der Waals surface area contributed by atoms with E-state index in [9.17, 15) is 0 Å². The molecule has 0 aliphatic rings. The van der Waals surface area contributed by atoms with E-state index in [2.05, 4.69) is 189 Å². The van der Waals surface area contributed by atoms with E-state index in [-0.39, 0.29) is 0 Å². The third-order valence-electron chi connectivity index (χ3n) is 11.0. The largest absolute Gasteiger partial charge is 0.353 e. The van der Waals surface area contributed by atoms with E-state index in [0.717, 1.165) is 50.4 Å². The first-order valence-electron chi connectivity index (χ1n) is 17.7. The Morgan fingerprint density at radius 2 is 0.788 bits per heavy atom. The van der Waals surface area contributed by atoms with Gasteiger partial charge < -0.3 is 9.55 Å². The second-order valence-electron chi connectivity index (χ2n) is 13.7. The molecule has 12 aromatic rings. The first kappa shape index (κ1) is 27.7. The number of rotatable bonds is 3. The van der Waals surface area contributed by atoms with Crippen molar-refractivity contribution in [3.8, 4) is 17.3 Å². The number of pyridine rings is 1. The van der Waals surface area contributed by atoms with Crippen LogP contribution in [-0.2, 0) is 0 Å². The molecule has 5 heterocycles. The average Bonchev–Trinajstić information content (AvgIpc) is 3.95. The summed E-state index contributed by atoms with van der Waals surface area (Å²) in [5.41, 5.74) is 10.3. The van der Waals surface area contributed by atoms with Crippen LogP contribution in [0.15, 0.2) is 170 Å². The molecule has 0 aliphatic carbocycles. The van der Waals surface area contributed by atoms with Gasteiger partial charge in [-0.3, -0.25) is 9.13 Å². The van der Waals surface area contributed by atoms with E-state index < -0.39 is 0 Å². The zero-order valence-corrected chi connectivity index (χ0v) is 28.0. The number of H-pyrrole nitrogens is 1. The highest BCUT2D eigenvalue weighted by Crippen LogP contribution is 2.42. The monoisotopic (exact) mass is 663 g/mol. The third-order valence-corrected chi connectivity index (χ3v) is 11.0. The predicted octanol–water partition coefficient (Wildman–Crippen LogP) is 12.0. The molecule has 0 radical (unpaired) electrons. The number of fused-ring (bicyclic) bond motifs is 14. The van der Waals surface area contributed by atoms with Crippen LogP contribution in [-0.4, -0.2) is 23.7 Å². The van der Waals surface area contributed by atoms with Gasteiger partial charge in [-0.1, -0.05) is 121 Å². The van der Waals surface area contributed by atoms with Gasteiger partial charge in [0, 0.05) is 54.3 Å². The fourth-order valence-electron chi connectivity index (χ4n) is 8.85. The van der Waals surface area contributed by atoms with E-state index in [4.69, 9.17) is 4.98 Å². The van der Waals surface area contributed by atoms with Crippen molar-refractivity contribution in [3.63, 3.8) is 0 Å². The maximum Gasteiger partial charge on any atom is 0.140 e. The minimum Gasteiger partial charge on any atom is -0.353 e. The Morgan fingerprint density at radius 3 is 1.42 bits per heavy atom. The Labute approximate surface area is 297 Å². The average molecular weight is 664 g/mol. The molecule has 1 N–H and O–H groups in total. The number of aromatic amines is 1. The highest BCUT2D eigenvalue weighted by Gasteiger charge is 2.23. The lowest BCUT2D eigenvalue weighted by molar-refractivity contribution is 1.01. The minimum absolute atomic E-state index is 0.871. The second-order valence-corrected chi connectivity index (χ2v) is 13.7. The minimum atomic E-state index is 0.871. The Balaban J connectivity index is 1.22. The van der Waals surface area contributed by atoms with Gasteiger partial charge in [-0.05, 0) is 48.5 Å². The zero-order chi connectivity index (χ0) is 33.9. The van der Waals surface area contributed by atoms with Crippen molar-refractivity contribution in [2.45, 2.75) is 0 Å². The van der Waals surface area contributed by atoms with Gasteiger partial charge in [0.2, 0.25) is 0 Å². The lowest BCUT2D eigenvalue weighted by Gasteiger charge is -2.14. The van der Waals surface area contributed by atoms with Crippen LogP contribution in [0.4, 0.5) is 0 Å². The molecule has 5 nitrogen and oxygen atoms in total. The molecule has 0 saturated carbocycles. The van der Waals surface area contributed by atoms with Crippen molar-refractivity contribution in [2.75, 3.05) is 0 Å². The molecule has 0 spiro atoms. The van der Waals surface area contributed by atoms with Crippen molar-refractivity contribution in [1.82, 2.24) is 23.7 Å². The van der Waals surface area contributed by atoms with E-state index in [1.165, 1.54) is 54.1 Å². The summed E-state index contributed by atoms with van der Waals surface area (Å²) in [4.78, 5) is 9.37. The molecular weight excluding hydrogens is 635 g/mol. The number of benzene rings is 7. The van der Waals surface area contributed by atoms with Crippen LogP contribution in [0.3, 0.4) is 0 Å². The summed E-state index contributed by atoms with van der Waals surface area (Å²) < 4.78 is 7.14. The number of para-hydroxylation sites is 5. The molecule has 0 saturated heterocycles. The van der Waals surface area contributed by atoms with Crippen molar-refractivity contribution in [1.29, 1.82) is 0 Å². The summed E-state index contributed by atoms with van der Waals surface area (Å²) in [7, 11) is 0. The van der Waals surface area contributed by atoms with Gasteiger partial charge in [0.25, 0.3) is 0 Å². The molecule has 7 aromatic carbocycles. The standard InChI is InChI=1S/C47H29N5/c1-2-13-29(14-3-1)50-39-20-9-5-17-32(39)36-27-28-37-33-18-7-11-22-41(33)52(47(37)46(36)50)43-24-12-23-42(49-43)51-40-21-10-6-16-31(40)35-26-25-34-30-15-4-8-19-38(30)48-44(34)45(35)51/h1-28,48H. The van der Waals surface area contributed by atoms with E-state index in [1.54, 1.807) is 0 Å². The molecule has 0 aliphatic heterocycles. The zero-order valence-electron chi connectivity index (χ0n) is 28.0. The Kier molecular flexibility index (Phi) is 5.44. The molecule has 12 rings (SSSR count). The SMILES string of the molecule is c1ccc(-n2c3ccccc3c3ccc4c5ccccc5n(-c5cccc(-n6c7ccccc7c7ccc8c9ccccc9[nH]c8c76)n5)c4c32)cc1. The first-order chi connectivity index (χ1) is 25.8. The lowest BCUT2D eigenvalue weighted by Crippen LogP contribution is -2.04. The van der Waals surface area contributed by atoms with Crippen molar-refractivity contribution >= 4 is 87.2 Å². The molecule has 0 amide bonds. The molecule has 0 atom stereocenters. The predicted molar refractivity (Wildman–Crippen MR) is 217 cm³/mol. The Morgan fingerprint density at radius 1 is 0.327 bits per heavy atom. The van der Waals surface area contributed by atoms with Gasteiger partial charge in [0.15, 0.2) is 0 Å². The smallest absolute Gasteiger partial charge is 0.140 e. The van der Waals surface area contributed by atoms with Gasteiger partial charge in [-0.15, -0.1) is 0 Å². The molecule has 5 aromatic heterocycles. The topological polar surface area (TPSA) is 43.5 Å². The first-order valence-corrected chi connectivity index (χ1v) is 17.7. The van der Waals surface area contributed by atoms with Crippen LogP contribution in [0, 0.1) is 0 Å². The van der Waals surface area contributed by atoms with Crippen molar-refractivity contribution in [3.05, 3.63) is 170 Å². The molecule has 0 unspecified atom stereocenters. The lowest BCUT2D eigenvalue weighted by atomic mass is 10.1. The highest BCUT2D eigenvalue weighted by atomic mass is 15.1. The molecule has 0 fully saturated rings. The summed E-state index contributed by atoms with van der Waals surface area (Å²) >= 11 is 0. The number of hydrogen-bond acceptors (Lipinski definition) is 1. The number of nitrogens with one attached hydrogen (secondary N) is 1. The van der Waals surface area contributed by atoms with Crippen molar-refractivity contribution < 1.29 is 0 Å². The number of nitrogens with zero attached hydrogens (tertiary/aromatic N) is 4. The van der Waals surface area contributed by atoms with Crippen LogP contribution in [0.5, 0.6) is 0 Å². The van der Waals surface area contributed by atoms with Gasteiger partial charge in [0.1, 0.15) is 11.6 Å². The number of aromatic nitrogens is 5. The van der Waals surface area contributed by atoms with Crippen LogP contribution in [0.1, 0.15) is 0 Å². The molecule has 0 bridgehead atoms. The summed E-state index contributed by atoms with van der Waals surface area (Å²) in [6, 6.07) is 61.0. The van der Waals surface area contributed by atoms with Crippen LogP contribution >= 0.6 is 0 Å². The van der Waals surface area contributed by atoms with Crippen LogP contribution < -0.4 is 0 Å². The van der Waals surface area contributed by atoms with Crippen molar-refractivity contribution in [2.24, 2.45) is 0 Å². The maximum atomic E-state index is 5.58. The van der Waals surface area contributed by atoms with Gasteiger partial charge >= 0.3 is 0 Å². The summed E-state index contributed by atoms with van der Waals surface area (Å²) in [5.74, 6) is 1.74. The van der Waals surface area contributed by atoms with Gasteiger partial charge in [0.05, 0.1) is 38.6 Å². The van der Waals surface area contributed by atoms with Gasteiger partial charge in [-0.25, -0.2) is 4.98 Å². The van der Waals surface area contributed by atoms with E-state index in [0.29, 0.717) is 0 Å². The normalized spacial score (nSPS) is 12.2. The summed E-state index contributed by atoms with van der Waals surface area (Å²) in [6.45, 7) is 0. The molecular formula is C47H29N5. The van der Waals surface area contributed by atoms with E-state index >= 15 is 0 Å². The summed E-state index contributed by atoms with van der Waals surface area (Å²) in [5, 5.41) is 9.69. The van der Waals surface area contributed by atoms with Crippen LogP contribution in [0.2, 0.25) is 0 Å². The molecule has 242 valence electrons. The highest BCUT2D eigenvalue weighted by molar-refractivity contribution is 6.24. The fourth-order valence-corrected chi connectivity index (χ4v) is 8.85. The summed E-state index contributed by atoms with van der Waals surface area (Å²) in [6.07, 6.45) is 0.